The van der Waals surface area contributed by atoms with Crippen molar-refractivity contribution in [2.45, 2.75) is 124 Å². The van der Waals surface area contributed by atoms with E-state index in [4.69, 9.17) is 4.74 Å². The Hall–Kier alpha value is -1.90. The standard InChI is InChI=1S/C31H50N2O/c1-4-5-6-7-8-9-13-16-19-28-25-32-31(33-26-28)29-20-22-30(23-21-29)34-24-17-14-11-10-12-15-18-27(2)3/h20-23,25-27H,4-19,24H2,1-3H3. The van der Waals surface area contributed by atoms with Gasteiger partial charge in [0.25, 0.3) is 0 Å². The lowest BCUT2D eigenvalue weighted by Gasteiger charge is -2.08. The van der Waals surface area contributed by atoms with Crippen molar-refractivity contribution in [3.8, 4) is 17.1 Å². The number of hydrogen-bond donors (Lipinski definition) is 0. The normalized spacial score (nSPS) is 11.3. The summed E-state index contributed by atoms with van der Waals surface area (Å²) in [5, 5.41) is 0. The Kier molecular flexibility index (Phi) is 15.4. The summed E-state index contributed by atoms with van der Waals surface area (Å²) in [4.78, 5) is 9.20. The van der Waals surface area contributed by atoms with E-state index in [-0.39, 0.29) is 0 Å². The molecule has 34 heavy (non-hydrogen) atoms. The average molecular weight is 467 g/mol. The zero-order valence-electron chi connectivity index (χ0n) is 22.4. The van der Waals surface area contributed by atoms with Gasteiger partial charge in [0, 0.05) is 18.0 Å². The molecular formula is C31H50N2O. The predicted octanol–water partition coefficient (Wildman–Crippen LogP) is 9.59. The molecule has 0 N–H and O–H groups in total. The molecule has 0 spiro atoms. The molecule has 0 aliphatic heterocycles. The molecule has 1 aromatic carbocycles. The average Bonchev–Trinajstić information content (AvgIpc) is 2.85. The molecule has 0 bridgehead atoms. The van der Waals surface area contributed by atoms with Crippen LogP contribution in [-0.2, 0) is 6.42 Å². The van der Waals surface area contributed by atoms with Crippen LogP contribution in [0.25, 0.3) is 11.4 Å². The third-order valence-electron chi connectivity index (χ3n) is 6.58. The highest BCUT2D eigenvalue weighted by Crippen LogP contribution is 2.20. The van der Waals surface area contributed by atoms with E-state index in [1.165, 1.54) is 95.5 Å². The van der Waals surface area contributed by atoms with Crippen molar-refractivity contribution in [3.63, 3.8) is 0 Å². The fourth-order valence-corrected chi connectivity index (χ4v) is 4.35. The largest absolute Gasteiger partial charge is 0.494 e. The topological polar surface area (TPSA) is 35.0 Å². The van der Waals surface area contributed by atoms with Crippen LogP contribution in [0.2, 0.25) is 0 Å². The molecule has 190 valence electrons. The van der Waals surface area contributed by atoms with Crippen LogP contribution < -0.4 is 4.74 Å². The number of benzene rings is 1. The molecule has 0 aliphatic rings. The lowest BCUT2D eigenvalue weighted by Crippen LogP contribution is -1.98. The van der Waals surface area contributed by atoms with E-state index in [1.54, 1.807) is 0 Å². The van der Waals surface area contributed by atoms with Gasteiger partial charge < -0.3 is 4.74 Å². The molecule has 1 heterocycles. The Balaban J connectivity index is 1.57. The van der Waals surface area contributed by atoms with Crippen LogP contribution in [-0.4, -0.2) is 16.6 Å². The molecule has 2 rings (SSSR count). The fraction of sp³-hybridized carbons (Fsp3) is 0.677. The van der Waals surface area contributed by atoms with Gasteiger partial charge >= 0.3 is 0 Å². The Morgan fingerprint density at radius 2 is 1.24 bits per heavy atom. The number of aryl methyl sites for hydroxylation is 1. The van der Waals surface area contributed by atoms with E-state index < -0.39 is 0 Å². The summed E-state index contributed by atoms with van der Waals surface area (Å²) >= 11 is 0. The molecule has 0 saturated carbocycles. The van der Waals surface area contributed by atoms with Crippen molar-refractivity contribution >= 4 is 0 Å². The summed E-state index contributed by atoms with van der Waals surface area (Å²) in [7, 11) is 0. The summed E-state index contributed by atoms with van der Waals surface area (Å²) in [6.07, 6.45) is 25.1. The molecule has 0 amide bonds. The van der Waals surface area contributed by atoms with E-state index in [0.717, 1.165) is 42.5 Å². The van der Waals surface area contributed by atoms with Crippen LogP contribution in [0, 0.1) is 5.92 Å². The third kappa shape index (κ3) is 13.1. The second-order valence-electron chi connectivity index (χ2n) is 10.3. The molecule has 0 saturated heterocycles. The first-order valence-electron chi connectivity index (χ1n) is 14.2. The zero-order valence-corrected chi connectivity index (χ0v) is 22.4. The number of rotatable bonds is 20. The lowest BCUT2D eigenvalue weighted by atomic mass is 10.0. The molecule has 2 aromatic rings. The third-order valence-corrected chi connectivity index (χ3v) is 6.58. The highest BCUT2D eigenvalue weighted by molar-refractivity contribution is 5.55. The number of unbranched alkanes of at least 4 members (excludes halogenated alkanes) is 12. The van der Waals surface area contributed by atoms with Crippen molar-refractivity contribution in [1.82, 2.24) is 9.97 Å². The van der Waals surface area contributed by atoms with Crippen molar-refractivity contribution in [1.29, 1.82) is 0 Å². The van der Waals surface area contributed by atoms with Crippen molar-refractivity contribution in [2.24, 2.45) is 5.92 Å². The minimum Gasteiger partial charge on any atom is -0.494 e. The van der Waals surface area contributed by atoms with E-state index in [0.29, 0.717) is 0 Å². The highest BCUT2D eigenvalue weighted by atomic mass is 16.5. The van der Waals surface area contributed by atoms with Crippen LogP contribution in [0.5, 0.6) is 5.75 Å². The number of nitrogens with zero attached hydrogens (tertiary/aromatic N) is 2. The fourth-order valence-electron chi connectivity index (χ4n) is 4.35. The minimum atomic E-state index is 0.795. The van der Waals surface area contributed by atoms with Crippen LogP contribution >= 0.6 is 0 Å². The van der Waals surface area contributed by atoms with Gasteiger partial charge in [-0.25, -0.2) is 9.97 Å². The van der Waals surface area contributed by atoms with Crippen molar-refractivity contribution in [2.75, 3.05) is 6.61 Å². The molecule has 1 aromatic heterocycles. The molecule has 0 atom stereocenters. The second-order valence-corrected chi connectivity index (χ2v) is 10.3. The van der Waals surface area contributed by atoms with Gasteiger partial charge in [-0.1, -0.05) is 104 Å². The van der Waals surface area contributed by atoms with Gasteiger partial charge in [-0.3, -0.25) is 0 Å². The Bertz CT molecular complexity index is 724. The van der Waals surface area contributed by atoms with Gasteiger partial charge in [0.2, 0.25) is 0 Å². The zero-order chi connectivity index (χ0) is 24.3. The lowest BCUT2D eigenvalue weighted by molar-refractivity contribution is 0.304. The number of ether oxygens (including phenoxy) is 1. The first-order valence-corrected chi connectivity index (χ1v) is 14.2. The maximum atomic E-state index is 5.93. The van der Waals surface area contributed by atoms with E-state index in [9.17, 15) is 0 Å². The predicted molar refractivity (Wildman–Crippen MR) is 146 cm³/mol. The SMILES string of the molecule is CCCCCCCCCCc1cnc(-c2ccc(OCCCCCCCCC(C)C)cc2)nc1. The molecule has 0 radical (unpaired) electrons. The summed E-state index contributed by atoms with van der Waals surface area (Å²) < 4.78 is 5.93. The Labute approximate surface area is 210 Å². The number of hydrogen-bond acceptors (Lipinski definition) is 3. The first-order chi connectivity index (χ1) is 16.7. The van der Waals surface area contributed by atoms with E-state index in [1.807, 2.05) is 24.5 Å². The molecule has 3 heteroatoms. The number of aromatic nitrogens is 2. The smallest absolute Gasteiger partial charge is 0.159 e. The van der Waals surface area contributed by atoms with Gasteiger partial charge in [0.05, 0.1) is 6.61 Å². The van der Waals surface area contributed by atoms with Crippen LogP contribution in [0.15, 0.2) is 36.7 Å². The Morgan fingerprint density at radius 1 is 0.676 bits per heavy atom. The van der Waals surface area contributed by atoms with Gasteiger partial charge in [-0.2, -0.15) is 0 Å². The summed E-state index contributed by atoms with van der Waals surface area (Å²) in [5.41, 5.74) is 2.29. The van der Waals surface area contributed by atoms with Crippen LogP contribution in [0.3, 0.4) is 0 Å². The van der Waals surface area contributed by atoms with Crippen molar-refractivity contribution < 1.29 is 4.74 Å². The summed E-state index contributed by atoms with van der Waals surface area (Å²) in [5.74, 6) is 2.57. The molecule has 3 nitrogen and oxygen atoms in total. The van der Waals surface area contributed by atoms with Crippen molar-refractivity contribution in [3.05, 3.63) is 42.2 Å². The second kappa shape index (κ2) is 18.4. The maximum absolute atomic E-state index is 5.93. The van der Waals surface area contributed by atoms with Gasteiger partial charge in [0.1, 0.15) is 5.75 Å². The van der Waals surface area contributed by atoms with Gasteiger partial charge in [-0.15, -0.1) is 0 Å². The quantitative estimate of drug-likeness (QED) is 0.182. The molecule has 0 unspecified atom stereocenters. The first kappa shape index (κ1) is 28.3. The van der Waals surface area contributed by atoms with Gasteiger partial charge in [-0.05, 0) is 55.0 Å². The molecule has 0 aliphatic carbocycles. The summed E-state index contributed by atoms with van der Waals surface area (Å²) in [6, 6.07) is 8.22. The highest BCUT2D eigenvalue weighted by Gasteiger charge is 2.03. The minimum absolute atomic E-state index is 0.795. The summed E-state index contributed by atoms with van der Waals surface area (Å²) in [6.45, 7) is 7.70. The molecular weight excluding hydrogens is 416 g/mol. The molecule has 0 fully saturated rings. The van der Waals surface area contributed by atoms with E-state index in [2.05, 4.69) is 42.9 Å². The van der Waals surface area contributed by atoms with Gasteiger partial charge in [0.15, 0.2) is 5.82 Å². The maximum Gasteiger partial charge on any atom is 0.159 e. The monoisotopic (exact) mass is 466 g/mol. The Morgan fingerprint density at radius 3 is 1.85 bits per heavy atom. The van der Waals surface area contributed by atoms with Crippen LogP contribution in [0.4, 0.5) is 0 Å². The van der Waals surface area contributed by atoms with Crippen LogP contribution in [0.1, 0.15) is 123 Å². The van der Waals surface area contributed by atoms with E-state index >= 15 is 0 Å².